The first-order chi connectivity index (χ1) is 12.4. The summed E-state index contributed by atoms with van der Waals surface area (Å²) in [6, 6.07) is 5.90. The molecule has 1 aliphatic heterocycles. The van der Waals surface area contributed by atoms with Crippen LogP contribution >= 0.6 is 0 Å². The summed E-state index contributed by atoms with van der Waals surface area (Å²) in [6.07, 6.45) is 6.09. The van der Waals surface area contributed by atoms with Crippen LogP contribution in [0.2, 0.25) is 0 Å². The highest BCUT2D eigenvalue weighted by molar-refractivity contribution is 6.04. The number of rotatable bonds is 2. The third kappa shape index (κ3) is 2.12. The average molecular weight is 356 g/mol. The molecule has 0 radical (unpaired) electrons. The van der Waals surface area contributed by atoms with Crippen molar-refractivity contribution in [1.82, 2.24) is 10.0 Å². The summed E-state index contributed by atoms with van der Waals surface area (Å²) in [5, 5.41) is 3.36. The van der Waals surface area contributed by atoms with Gasteiger partial charge in [-0.15, -0.1) is 0 Å². The van der Waals surface area contributed by atoms with Crippen molar-refractivity contribution in [2.45, 2.75) is 57.5 Å². The highest BCUT2D eigenvalue weighted by Crippen LogP contribution is 2.57. The second-order valence-electron chi connectivity index (χ2n) is 9.26. The fourth-order valence-electron chi connectivity index (χ4n) is 6.35. The molecule has 5 fully saturated rings. The predicted molar refractivity (Wildman–Crippen MR) is 94.3 cm³/mol. The molecular weight excluding hydrogens is 331 g/mol. The number of hydrogen-bond acceptors (Lipinski definition) is 2. The van der Waals surface area contributed by atoms with Crippen LogP contribution < -0.4 is 0 Å². The smallest absolute Gasteiger partial charge is 0.270 e. The molecule has 26 heavy (non-hydrogen) atoms. The van der Waals surface area contributed by atoms with Crippen LogP contribution in [0.15, 0.2) is 24.3 Å². The van der Waals surface area contributed by atoms with E-state index in [4.69, 9.17) is 0 Å². The highest BCUT2D eigenvalue weighted by atomic mass is 19.1. The summed E-state index contributed by atoms with van der Waals surface area (Å²) in [6.45, 7) is 3.58. The Hall–Kier alpha value is -1.91. The highest BCUT2D eigenvalue weighted by Gasteiger charge is 2.62. The van der Waals surface area contributed by atoms with Crippen molar-refractivity contribution in [3.05, 3.63) is 35.6 Å². The van der Waals surface area contributed by atoms with E-state index in [0.29, 0.717) is 17.4 Å². The second-order valence-corrected chi connectivity index (χ2v) is 9.26. The predicted octanol–water partition coefficient (Wildman–Crippen LogP) is 3.63. The standard InChI is InChI=1S/C21H25FN2O2/c1-21(2)20(26)23(24(21)19(25)14-4-3-5-17(22)11-14)18-15-7-12-6-13(9-15)10-16(18)8-12/h3-5,11-13,15-16,18H,6-10H2,1-2H3. The van der Waals surface area contributed by atoms with Gasteiger partial charge in [0.2, 0.25) is 0 Å². The van der Waals surface area contributed by atoms with E-state index in [1.54, 1.807) is 36.0 Å². The van der Waals surface area contributed by atoms with E-state index in [1.165, 1.54) is 44.2 Å². The maximum absolute atomic E-state index is 13.6. The summed E-state index contributed by atoms with van der Waals surface area (Å²) >= 11 is 0. The van der Waals surface area contributed by atoms with E-state index >= 15 is 0 Å². The zero-order valence-electron chi connectivity index (χ0n) is 15.3. The van der Waals surface area contributed by atoms with Gasteiger partial charge in [-0.2, -0.15) is 0 Å². The molecular formula is C21H25FN2O2. The first-order valence-electron chi connectivity index (χ1n) is 9.80. The van der Waals surface area contributed by atoms with Crippen molar-refractivity contribution in [2.75, 3.05) is 0 Å². The van der Waals surface area contributed by atoms with Crippen LogP contribution in [0.3, 0.4) is 0 Å². The topological polar surface area (TPSA) is 40.6 Å². The van der Waals surface area contributed by atoms with Gasteiger partial charge in [0.1, 0.15) is 11.4 Å². The number of amides is 2. The molecule has 4 aliphatic carbocycles. The minimum absolute atomic E-state index is 0.0275. The third-order valence-electron chi connectivity index (χ3n) is 7.20. The van der Waals surface area contributed by atoms with Crippen molar-refractivity contribution in [3.8, 4) is 0 Å². The third-order valence-corrected chi connectivity index (χ3v) is 7.20. The first kappa shape index (κ1) is 16.3. The van der Waals surface area contributed by atoms with Gasteiger partial charge in [-0.3, -0.25) is 9.59 Å². The minimum atomic E-state index is -0.863. The molecule has 0 N–H and O–H groups in total. The van der Waals surface area contributed by atoms with E-state index in [1.807, 2.05) is 0 Å². The Morgan fingerprint density at radius 1 is 1.08 bits per heavy atom. The van der Waals surface area contributed by atoms with E-state index < -0.39 is 11.4 Å². The van der Waals surface area contributed by atoms with Crippen LogP contribution in [0, 0.1) is 29.5 Å². The van der Waals surface area contributed by atoms with E-state index in [0.717, 1.165) is 11.8 Å². The molecule has 5 heteroatoms. The maximum Gasteiger partial charge on any atom is 0.273 e. The van der Waals surface area contributed by atoms with Gasteiger partial charge in [0, 0.05) is 5.56 Å². The Kier molecular flexibility index (Phi) is 3.32. The normalized spacial score (nSPS) is 37.0. The molecule has 4 saturated carbocycles. The molecule has 6 rings (SSSR count). The van der Waals surface area contributed by atoms with Gasteiger partial charge in [0.25, 0.3) is 11.8 Å². The zero-order valence-corrected chi connectivity index (χ0v) is 15.3. The Labute approximate surface area is 153 Å². The monoisotopic (exact) mass is 356 g/mol. The van der Waals surface area contributed by atoms with Crippen LogP contribution in [0.4, 0.5) is 4.39 Å². The van der Waals surface area contributed by atoms with Gasteiger partial charge >= 0.3 is 0 Å². The van der Waals surface area contributed by atoms with Gasteiger partial charge in [-0.1, -0.05) is 6.07 Å². The summed E-state index contributed by atoms with van der Waals surface area (Å²) < 4.78 is 13.6. The Morgan fingerprint density at radius 3 is 2.27 bits per heavy atom. The lowest BCUT2D eigenvalue weighted by atomic mass is 9.53. The van der Waals surface area contributed by atoms with Crippen molar-refractivity contribution in [1.29, 1.82) is 0 Å². The van der Waals surface area contributed by atoms with Crippen LogP contribution in [-0.2, 0) is 4.79 Å². The Balaban J connectivity index is 1.48. The molecule has 0 spiro atoms. The number of hydrogen-bond donors (Lipinski definition) is 0. The lowest BCUT2D eigenvalue weighted by Crippen LogP contribution is -2.80. The van der Waals surface area contributed by atoms with E-state index in [-0.39, 0.29) is 17.9 Å². The maximum atomic E-state index is 13.6. The van der Waals surface area contributed by atoms with Crippen LogP contribution in [0.5, 0.6) is 0 Å². The molecule has 1 heterocycles. The molecule has 0 atom stereocenters. The van der Waals surface area contributed by atoms with Crippen LogP contribution in [0.25, 0.3) is 0 Å². The number of benzene rings is 1. The molecule has 2 amide bonds. The van der Waals surface area contributed by atoms with Gasteiger partial charge in [-0.05, 0) is 87.8 Å². The molecule has 1 aromatic rings. The number of carbonyl (C=O) groups excluding carboxylic acids is 2. The minimum Gasteiger partial charge on any atom is -0.270 e. The van der Waals surface area contributed by atoms with Gasteiger partial charge in [0.15, 0.2) is 0 Å². The van der Waals surface area contributed by atoms with Crippen molar-refractivity contribution >= 4 is 11.8 Å². The van der Waals surface area contributed by atoms with Crippen molar-refractivity contribution in [3.63, 3.8) is 0 Å². The Morgan fingerprint density at radius 2 is 1.69 bits per heavy atom. The van der Waals surface area contributed by atoms with Gasteiger partial charge < -0.3 is 0 Å². The van der Waals surface area contributed by atoms with E-state index in [9.17, 15) is 14.0 Å². The quantitative estimate of drug-likeness (QED) is 0.812. The van der Waals surface area contributed by atoms with E-state index in [2.05, 4.69) is 0 Å². The fourth-order valence-corrected chi connectivity index (χ4v) is 6.35. The lowest BCUT2D eigenvalue weighted by molar-refractivity contribution is -0.230. The molecule has 4 nitrogen and oxygen atoms in total. The van der Waals surface area contributed by atoms with Crippen molar-refractivity contribution in [2.24, 2.45) is 23.7 Å². The second kappa shape index (κ2) is 5.30. The fraction of sp³-hybridized carbons (Fsp3) is 0.619. The number of carbonyl (C=O) groups is 2. The molecule has 0 aromatic heterocycles. The van der Waals surface area contributed by atoms with Gasteiger partial charge in [0.05, 0.1) is 6.04 Å². The van der Waals surface area contributed by atoms with Crippen LogP contribution in [-0.4, -0.2) is 33.4 Å². The number of nitrogens with zero attached hydrogens (tertiary/aromatic N) is 2. The Bertz CT molecular complexity index is 762. The molecule has 1 saturated heterocycles. The molecule has 5 aliphatic rings. The van der Waals surface area contributed by atoms with Crippen molar-refractivity contribution < 1.29 is 14.0 Å². The number of halogens is 1. The summed E-state index contributed by atoms with van der Waals surface area (Å²) in [4.78, 5) is 26.1. The SMILES string of the molecule is CC1(C)C(=O)N(C2C3CC4CC(C3)CC2C4)N1C(=O)c1cccc(F)c1. The first-order valence-corrected chi connectivity index (χ1v) is 9.80. The summed E-state index contributed by atoms with van der Waals surface area (Å²) in [5.41, 5.74) is -0.558. The molecule has 1 aromatic carbocycles. The molecule has 0 unspecified atom stereocenters. The van der Waals surface area contributed by atoms with Crippen LogP contribution in [0.1, 0.15) is 56.3 Å². The van der Waals surface area contributed by atoms with Gasteiger partial charge in [-0.25, -0.2) is 14.4 Å². The average Bonchev–Trinajstić information content (AvgIpc) is 2.59. The summed E-state index contributed by atoms with van der Waals surface area (Å²) in [7, 11) is 0. The zero-order chi connectivity index (χ0) is 18.2. The lowest BCUT2D eigenvalue weighted by Gasteiger charge is -2.65. The molecule has 138 valence electrons. The number of hydrazine groups is 1. The molecule has 4 bridgehead atoms. The largest absolute Gasteiger partial charge is 0.273 e. The summed E-state index contributed by atoms with van der Waals surface area (Å²) in [5.74, 6) is 1.96.